The molecule has 0 bridgehead atoms. The maximum atomic E-state index is 13.4. The van der Waals surface area contributed by atoms with Crippen LogP contribution in [0.3, 0.4) is 0 Å². The van der Waals surface area contributed by atoms with Crippen LogP contribution < -0.4 is 11.3 Å². The van der Waals surface area contributed by atoms with Crippen molar-refractivity contribution in [2.45, 2.75) is 33.2 Å². The molecule has 142 valence electrons. The third-order valence-corrected chi connectivity index (χ3v) is 5.68. The van der Waals surface area contributed by atoms with Gasteiger partial charge >= 0.3 is 0 Å². The number of nitrogens with zero attached hydrogens (tertiary/aromatic N) is 2. The second-order valence-electron chi connectivity index (χ2n) is 6.60. The normalized spacial score (nSPS) is 12.4. The molecular formula is C20H23N3O3S. The van der Waals surface area contributed by atoms with Crippen molar-refractivity contribution in [3.63, 3.8) is 0 Å². The van der Waals surface area contributed by atoms with E-state index in [1.54, 1.807) is 14.0 Å². The Morgan fingerprint density at radius 1 is 1.30 bits per heavy atom. The number of hydrogen-bond acceptors (Lipinski definition) is 5. The standard InChI is InChI=1S/C20H23N3O3S/c1-11-5-7-14(8-6-11)16-13(3)27-19-17(16)20(25)23(12(2)18(21)24)15(22-19)9-10-26-4/h5-8,12H,9-10H2,1-4H3,(H2,21,24). The number of primary amides is 1. The Kier molecular flexibility index (Phi) is 5.43. The second kappa shape index (κ2) is 7.62. The SMILES string of the molecule is COCCc1nc2sc(C)c(-c3ccc(C)cc3)c2c(=O)n1C(C)C(N)=O. The van der Waals surface area contributed by atoms with Gasteiger partial charge in [-0.25, -0.2) is 4.98 Å². The zero-order chi connectivity index (χ0) is 19.7. The highest BCUT2D eigenvalue weighted by molar-refractivity contribution is 7.19. The maximum Gasteiger partial charge on any atom is 0.263 e. The first-order chi connectivity index (χ1) is 12.8. The number of fused-ring (bicyclic) bond motifs is 1. The fraction of sp³-hybridized carbons (Fsp3) is 0.350. The summed E-state index contributed by atoms with van der Waals surface area (Å²) in [7, 11) is 1.59. The molecule has 0 radical (unpaired) electrons. The molecule has 0 aliphatic rings. The average Bonchev–Trinajstić information content (AvgIpc) is 2.96. The molecule has 1 aromatic carbocycles. The van der Waals surface area contributed by atoms with Gasteiger partial charge < -0.3 is 10.5 Å². The number of methoxy groups -OCH3 is 1. The Balaban J connectivity index is 2.33. The van der Waals surface area contributed by atoms with Gasteiger partial charge in [0.05, 0.1) is 12.0 Å². The van der Waals surface area contributed by atoms with Gasteiger partial charge in [-0.15, -0.1) is 11.3 Å². The van der Waals surface area contributed by atoms with E-state index in [9.17, 15) is 9.59 Å². The number of thiophene rings is 1. The van der Waals surface area contributed by atoms with Crippen molar-refractivity contribution >= 4 is 27.5 Å². The van der Waals surface area contributed by atoms with E-state index in [0.29, 0.717) is 29.1 Å². The molecule has 0 aliphatic heterocycles. The van der Waals surface area contributed by atoms with Crippen molar-refractivity contribution in [2.75, 3.05) is 13.7 Å². The molecule has 0 saturated carbocycles. The third kappa shape index (κ3) is 3.52. The van der Waals surface area contributed by atoms with Gasteiger partial charge in [0, 0.05) is 24.0 Å². The number of nitrogens with two attached hydrogens (primary N) is 1. The number of aromatic nitrogens is 2. The number of ether oxygens (including phenoxy) is 1. The molecule has 6 nitrogen and oxygen atoms in total. The predicted octanol–water partition coefficient (Wildman–Crippen LogP) is 2.98. The van der Waals surface area contributed by atoms with Gasteiger partial charge in [0.15, 0.2) is 0 Å². The maximum absolute atomic E-state index is 13.4. The fourth-order valence-electron chi connectivity index (χ4n) is 3.18. The van der Waals surface area contributed by atoms with Gasteiger partial charge in [-0.2, -0.15) is 0 Å². The monoisotopic (exact) mass is 385 g/mol. The number of amides is 1. The van der Waals surface area contributed by atoms with Crippen molar-refractivity contribution in [3.8, 4) is 11.1 Å². The number of carbonyl (C=O) groups excluding carboxylic acids is 1. The molecule has 1 amide bonds. The van der Waals surface area contributed by atoms with E-state index in [0.717, 1.165) is 21.6 Å². The van der Waals surface area contributed by atoms with E-state index in [4.69, 9.17) is 15.5 Å². The summed E-state index contributed by atoms with van der Waals surface area (Å²) in [4.78, 5) is 31.6. The third-order valence-electron chi connectivity index (χ3n) is 4.68. The Hall–Kier alpha value is -2.51. The highest BCUT2D eigenvalue weighted by Gasteiger charge is 2.24. The van der Waals surface area contributed by atoms with Gasteiger partial charge in [0.2, 0.25) is 5.91 Å². The highest BCUT2D eigenvalue weighted by atomic mass is 32.1. The van der Waals surface area contributed by atoms with E-state index in [1.165, 1.54) is 15.9 Å². The predicted molar refractivity (Wildman–Crippen MR) is 108 cm³/mol. The molecule has 2 N–H and O–H groups in total. The smallest absolute Gasteiger partial charge is 0.263 e. The van der Waals surface area contributed by atoms with Crippen LogP contribution in [-0.2, 0) is 16.0 Å². The van der Waals surface area contributed by atoms with E-state index in [-0.39, 0.29) is 5.56 Å². The Morgan fingerprint density at radius 3 is 2.56 bits per heavy atom. The molecule has 27 heavy (non-hydrogen) atoms. The minimum Gasteiger partial charge on any atom is -0.384 e. The van der Waals surface area contributed by atoms with Gasteiger partial charge in [-0.1, -0.05) is 29.8 Å². The first-order valence-corrected chi connectivity index (χ1v) is 9.56. The van der Waals surface area contributed by atoms with E-state index < -0.39 is 11.9 Å². The molecule has 1 atom stereocenters. The molecule has 1 unspecified atom stereocenters. The molecular weight excluding hydrogens is 362 g/mol. The van der Waals surface area contributed by atoms with Crippen molar-refractivity contribution in [2.24, 2.45) is 5.73 Å². The lowest BCUT2D eigenvalue weighted by molar-refractivity contribution is -0.120. The van der Waals surface area contributed by atoms with Gasteiger partial charge in [-0.05, 0) is 26.3 Å². The number of benzene rings is 1. The number of rotatable bonds is 6. The molecule has 0 spiro atoms. The van der Waals surface area contributed by atoms with Crippen LogP contribution in [0.5, 0.6) is 0 Å². The lowest BCUT2D eigenvalue weighted by Gasteiger charge is -2.17. The molecule has 2 aromatic heterocycles. The number of carbonyl (C=O) groups is 1. The quantitative estimate of drug-likeness (QED) is 0.707. The summed E-state index contributed by atoms with van der Waals surface area (Å²) >= 11 is 1.49. The van der Waals surface area contributed by atoms with Crippen molar-refractivity contribution in [1.29, 1.82) is 0 Å². The number of hydrogen-bond donors (Lipinski definition) is 1. The van der Waals surface area contributed by atoms with E-state index in [2.05, 4.69) is 0 Å². The summed E-state index contributed by atoms with van der Waals surface area (Å²) in [5.41, 5.74) is 8.24. The van der Waals surface area contributed by atoms with Crippen LogP contribution in [0, 0.1) is 13.8 Å². The summed E-state index contributed by atoms with van der Waals surface area (Å²) in [6.07, 6.45) is 0.427. The van der Waals surface area contributed by atoms with E-state index in [1.807, 2.05) is 38.1 Å². The summed E-state index contributed by atoms with van der Waals surface area (Å²) in [5, 5.41) is 0.538. The van der Waals surface area contributed by atoms with Gasteiger partial charge in [0.25, 0.3) is 5.56 Å². The Morgan fingerprint density at radius 2 is 1.96 bits per heavy atom. The van der Waals surface area contributed by atoms with Gasteiger partial charge in [-0.3, -0.25) is 14.2 Å². The highest BCUT2D eigenvalue weighted by Crippen LogP contribution is 2.36. The molecule has 0 fully saturated rings. The van der Waals surface area contributed by atoms with Crippen LogP contribution in [0.15, 0.2) is 29.1 Å². The lowest BCUT2D eigenvalue weighted by atomic mass is 10.0. The summed E-state index contributed by atoms with van der Waals surface area (Å²) < 4.78 is 6.54. The summed E-state index contributed by atoms with van der Waals surface area (Å²) in [6, 6.07) is 7.26. The molecule has 0 saturated heterocycles. The average molecular weight is 385 g/mol. The largest absolute Gasteiger partial charge is 0.384 e. The van der Waals surface area contributed by atoms with Crippen LogP contribution in [0.25, 0.3) is 21.3 Å². The van der Waals surface area contributed by atoms with Crippen LogP contribution >= 0.6 is 11.3 Å². The minimum absolute atomic E-state index is 0.239. The zero-order valence-electron chi connectivity index (χ0n) is 15.9. The Bertz CT molecular complexity index is 1050. The van der Waals surface area contributed by atoms with Crippen molar-refractivity contribution in [3.05, 3.63) is 50.9 Å². The first-order valence-electron chi connectivity index (χ1n) is 8.75. The molecule has 7 heteroatoms. The van der Waals surface area contributed by atoms with Gasteiger partial charge in [0.1, 0.15) is 16.7 Å². The van der Waals surface area contributed by atoms with Crippen LogP contribution in [0.1, 0.15) is 29.2 Å². The number of aryl methyl sites for hydroxylation is 2. The van der Waals surface area contributed by atoms with Crippen LogP contribution in [0.4, 0.5) is 0 Å². The second-order valence-corrected chi connectivity index (χ2v) is 7.81. The molecule has 0 aliphatic carbocycles. The Labute approximate surface area is 161 Å². The first kappa shape index (κ1) is 19.3. The van der Waals surface area contributed by atoms with Crippen molar-refractivity contribution < 1.29 is 9.53 Å². The molecule has 2 heterocycles. The zero-order valence-corrected chi connectivity index (χ0v) is 16.7. The van der Waals surface area contributed by atoms with E-state index >= 15 is 0 Å². The topological polar surface area (TPSA) is 87.2 Å². The lowest BCUT2D eigenvalue weighted by Crippen LogP contribution is -2.35. The summed E-state index contributed by atoms with van der Waals surface area (Å²) in [5.74, 6) is -0.0573. The minimum atomic E-state index is -0.785. The molecule has 3 aromatic rings. The van der Waals surface area contributed by atoms with Crippen LogP contribution in [0.2, 0.25) is 0 Å². The summed E-state index contributed by atoms with van der Waals surface area (Å²) in [6.45, 7) is 6.03. The van der Waals surface area contributed by atoms with Crippen LogP contribution in [-0.4, -0.2) is 29.2 Å². The van der Waals surface area contributed by atoms with Crippen molar-refractivity contribution in [1.82, 2.24) is 9.55 Å². The fourth-order valence-corrected chi connectivity index (χ4v) is 4.23. The molecule has 3 rings (SSSR count).